The SMILES string of the molecule is CC(OC(=O)c1cccc(F)c1)C(=O)NC1CCCCC1. The summed E-state index contributed by atoms with van der Waals surface area (Å²) in [4.78, 5) is 23.8. The van der Waals surface area contributed by atoms with Crippen LogP contribution in [0.5, 0.6) is 0 Å². The fourth-order valence-electron chi connectivity index (χ4n) is 2.46. The lowest BCUT2D eigenvalue weighted by atomic mass is 9.95. The molecule has 0 radical (unpaired) electrons. The molecule has 0 saturated heterocycles. The number of esters is 1. The number of halogens is 1. The van der Waals surface area contributed by atoms with E-state index in [0.717, 1.165) is 31.7 Å². The summed E-state index contributed by atoms with van der Waals surface area (Å²) in [6, 6.07) is 5.39. The first-order valence-corrected chi connectivity index (χ1v) is 7.33. The van der Waals surface area contributed by atoms with Crippen molar-refractivity contribution in [3.8, 4) is 0 Å². The molecule has 21 heavy (non-hydrogen) atoms. The van der Waals surface area contributed by atoms with Gasteiger partial charge < -0.3 is 10.1 Å². The maximum atomic E-state index is 13.0. The molecule has 1 saturated carbocycles. The molecule has 1 aliphatic rings. The van der Waals surface area contributed by atoms with E-state index in [1.807, 2.05) is 0 Å². The monoisotopic (exact) mass is 293 g/mol. The van der Waals surface area contributed by atoms with Gasteiger partial charge in [-0.05, 0) is 38.0 Å². The summed E-state index contributed by atoms with van der Waals surface area (Å²) >= 11 is 0. The summed E-state index contributed by atoms with van der Waals surface area (Å²) in [7, 11) is 0. The molecule has 1 N–H and O–H groups in total. The number of amides is 1. The van der Waals surface area contributed by atoms with Crippen LogP contribution in [0.4, 0.5) is 4.39 Å². The highest BCUT2D eigenvalue weighted by Gasteiger charge is 2.22. The molecule has 0 aliphatic heterocycles. The van der Waals surface area contributed by atoms with Crippen molar-refractivity contribution in [1.82, 2.24) is 5.32 Å². The van der Waals surface area contributed by atoms with Crippen molar-refractivity contribution in [3.05, 3.63) is 35.6 Å². The minimum absolute atomic E-state index is 0.104. The second kappa shape index (κ2) is 7.20. The van der Waals surface area contributed by atoms with Crippen LogP contribution in [-0.2, 0) is 9.53 Å². The van der Waals surface area contributed by atoms with E-state index < -0.39 is 17.9 Å². The molecule has 0 bridgehead atoms. The number of nitrogens with one attached hydrogen (secondary N) is 1. The van der Waals surface area contributed by atoms with Crippen LogP contribution in [-0.4, -0.2) is 24.0 Å². The number of hydrogen-bond donors (Lipinski definition) is 1. The topological polar surface area (TPSA) is 55.4 Å². The number of carbonyl (C=O) groups excluding carboxylic acids is 2. The Morgan fingerprint density at radius 2 is 2.00 bits per heavy atom. The number of carbonyl (C=O) groups is 2. The highest BCUT2D eigenvalue weighted by Crippen LogP contribution is 2.17. The van der Waals surface area contributed by atoms with Crippen molar-refractivity contribution in [1.29, 1.82) is 0 Å². The second-order valence-electron chi connectivity index (χ2n) is 5.40. The minimum Gasteiger partial charge on any atom is -0.449 e. The van der Waals surface area contributed by atoms with E-state index in [-0.39, 0.29) is 17.5 Å². The zero-order valence-corrected chi connectivity index (χ0v) is 12.1. The molecule has 0 heterocycles. The van der Waals surface area contributed by atoms with E-state index in [1.165, 1.54) is 31.5 Å². The van der Waals surface area contributed by atoms with Crippen LogP contribution >= 0.6 is 0 Å². The van der Waals surface area contributed by atoms with Crippen molar-refractivity contribution in [2.75, 3.05) is 0 Å². The van der Waals surface area contributed by atoms with E-state index in [4.69, 9.17) is 4.74 Å². The summed E-state index contributed by atoms with van der Waals surface area (Å²) in [5, 5.41) is 2.90. The molecule has 4 nitrogen and oxygen atoms in total. The van der Waals surface area contributed by atoms with Crippen LogP contribution in [0.1, 0.15) is 49.4 Å². The average molecular weight is 293 g/mol. The molecule has 1 aromatic carbocycles. The lowest BCUT2D eigenvalue weighted by Gasteiger charge is -2.24. The molecular formula is C16H20FNO3. The lowest BCUT2D eigenvalue weighted by molar-refractivity contribution is -0.130. The summed E-state index contributed by atoms with van der Waals surface area (Å²) in [6.07, 6.45) is 4.48. The fourth-order valence-corrected chi connectivity index (χ4v) is 2.46. The van der Waals surface area contributed by atoms with Crippen LogP contribution < -0.4 is 5.32 Å². The summed E-state index contributed by atoms with van der Waals surface area (Å²) in [5.74, 6) is -1.50. The van der Waals surface area contributed by atoms with Crippen LogP contribution in [0.15, 0.2) is 24.3 Å². The van der Waals surface area contributed by atoms with Gasteiger partial charge in [0.1, 0.15) is 5.82 Å². The molecule has 1 aromatic rings. The second-order valence-corrected chi connectivity index (χ2v) is 5.40. The Hall–Kier alpha value is -1.91. The third kappa shape index (κ3) is 4.55. The maximum Gasteiger partial charge on any atom is 0.339 e. The third-order valence-corrected chi connectivity index (χ3v) is 3.66. The van der Waals surface area contributed by atoms with Gasteiger partial charge in [-0.2, -0.15) is 0 Å². The number of ether oxygens (including phenoxy) is 1. The van der Waals surface area contributed by atoms with Crippen molar-refractivity contribution >= 4 is 11.9 Å². The first-order chi connectivity index (χ1) is 10.1. The average Bonchev–Trinajstić information content (AvgIpc) is 2.48. The predicted molar refractivity (Wildman–Crippen MR) is 76.3 cm³/mol. The summed E-state index contributed by atoms with van der Waals surface area (Å²) in [5.41, 5.74) is 0.104. The fraction of sp³-hybridized carbons (Fsp3) is 0.500. The maximum absolute atomic E-state index is 13.0. The molecule has 5 heteroatoms. The molecule has 0 aromatic heterocycles. The standard InChI is InChI=1S/C16H20FNO3/c1-11(15(19)18-14-8-3-2-4-9-14)21-16(20)12-6-5-7-13(17)10-12/h5-7,10-11,14H,2-4,8-9H2,1H3,(H,18,19). The Bertz CT molecular complexity index is 512. The van der Waals surface area contributed by atoms with Crippen molar-refractivity contribution in [2.24, 2.45) is 0 Å². The Kier molecular flexibility index (Phi) is 5.31. The molecule has 1 amide bonds. The van der Waals surface area contributed by atoms with Gasteiger partial charge in [0.25, 0.3) is 5.91 Å². The molecule has 1 aliphatic carbocycles. The van der Waals surface area contributed by atoms with Gasteiger partial charge in [0, 0.05) is 6.04 Å². The molecule has 1 fully saturated rings. The van der Waals surface area contributed by atoms with Gasteiger partial charge in [0.2, 0.25) is 0 Å². The Morgan fingerprint density at radius 3 is 2.67 bits per heavy atom. The Balaban J connectivity index is 1.86. The van der Waals surface area contributed by atoms with Crippen LogP contribution in [0.2, 0.25) is 0 Å². The highest BCUT2D eigenvalue weighted by molar-refractivity contribution is 5.92. The largest absolute Gasteiger partial charge is 0.449 e. The van der Waals surface area contributed by atoms with Crippen LogP contribution in [0.3, 0.4) is 0 Å². The molecule has 1 unspecified atom stereocenters. The van der Waals surface area contributed by atoms with Crippen molar-refractivity contribution in [3.63, 3.8) is 0 Å². The zero-order chi connectivity index (χ0) is 15.2. The van der Waals surface area contributed by atoms with E-state index in [1.54, 1.807) is 0 Å². The van der Waals surface area contributed by atoms with Crippen LogP contribution in [0.25, 0.3) is 0 Å². The van der Waals surface area contributed by atoms with Gasteiger partial charge in [-0.25, -0.2) is 9.18 Å². The molecule has 2 rings (SSSR count). The summed E-state index contributed by atoms with van der Waals surface area (Å²) in [6.45, 7) is 1.52. The van der Waals surface area contributed by atoms with Crippen molar-refractivity contribution < 1.29 is 18.7 Å². The van der Waals surface area contributed by atoms with Gasteiger partial charge in [-0.3, -0.25) is 4.79 Å². The quantitative estimate of drug-likeness (QED) is 0.868. The normalized spacial score (nSPS) is 17.0. The Labute approximate surface area is 123 Å². The first-order valence-electron chi connectivity index (χ1n) is 7.33. The minimum atomic E-state index is -0.886. The lowest BCUT2D eigenvalue weighted by Crippen LogP contribution is -2.42. The summed E-state index contributed by atoms with van der Waals surface area (Å²) < 4.78 is 18.1. The van der Waals surface area contributed by atoms with Gasteiger partial charge >= 0.3 is 5.97 Å². The highest BCUT2D eigenvalue weighted by atomic mass is 19.1. The third-order valence-electron chi connectivity index (χ3n) is 3.66. The Morgan fingerprint density at radius 1 is 1.29 bits per heavy atom. The number of benzene rings is 1. The molecule has 114 valence electrons. The van der Waals surface area contributed by atoms with E-state index >= 15 is 0 Å². The van der Waals surface area contributed by atoms with E-state index in [2.05, 4.69) is 5.32 Å². The van der Waals surface area contributed by atoms with E-state index in [9.17, 15) is 14.0 Å². The molecule has 1 atom stereocenters. The first kappa shape index (κ1) is 15.5. The van der Waals surface area contributed by atoms with E-state index in [0.29, 0.717) is 0 Å². The van der Waals surface area contributed by atoms with Gasteiger partial charge in [0.15, 0.2) is 6.10 Å². The number of hydrogen-bond acceptors (Lipinski definition) is 3. The zero-order valence-electron chi connectivity index (χ0n) is 12.1. The number of rotatable bonds is 4. The molecular weight excluding hydrogens is 273 g/mol. The predicted octanol–water partition coefficient (Wildman–Crippen LogP) is 2.82. The van der Waals surface area contributed by atoms with Gasteiger partial charge in [-0.1, -0.05) is 25.3 Å². The van der Waals surface area contributed by atoms with Gasteiger partial charge in [0.05, 0.1) is 5.56 Å². The molecule has 0 spiro atoms. The van der Waals surface area contributed by atoms with Crippen molar-refractivity contribution in [2.45, 2.75) is 51.2 Å². The van der Waals surface area contributed by atoms with Gasteiger partial charge in [-0.15, -0.1) is 0 Å². The van der Waals surface area contributed by atoms with Crippen LogP contribution in [0, 0.1) is 5.82 Å². The smallest absolute Gasteiger partial charge is 0.339 e.